The van der Waals surface area contributed by atoms with E-state index in [1.807, 2.05) is 18.7 Å². The van der Waals surface area contributed by atoms with E-state index >= 15 is 0 Å². The van der Waals surface area contributed by atoms with Crippen molar-refractivity contribution >= 4 is 11.8 Å². The molecule has 11 heavy (non-hydrogen) atoms. The Bertz CT molecular complexity index is 119. The molecule has 0 heterocycles. The smallest absolute Gasteiger partial charge is 0.0568 e. The van der Waals surface area contributed by atoms with Crippen molar-refractivity contribution in [1.82, 2.24) is 0 Å². The molecule has 1 rings (SSSR count). The van der Waals surface area contributed by atoms with Crippen LogP contribution in [0.5, 0.6) is 0 Å². The number of hydrogen-bond acceptors (Lipinski definition) is 2. The van der Waals surface area contributed by atoms with E-state index in [4.69, 9.17) is 0 Å². The first-order valence-electron chi connectivity index (χ1n) is 4.38. The number of hydrogen-bond donors (Lipinski definition) is 1. The van der Waals surface area contributed by atoms with Crippen molar-refractivity contribution in [3.63, 3.8) is 0 Å². The van der Waals surface area contributed by atoms with Crippen LogP contribution in [-0.2, 0) is 0 Å². The first-order chi connectivity index (χ1) is 5.21. The fraction of sp³-hybridized carbons (Fsp3) is 1.00. The number of aliphatic hydroxyl groups excluding tert-OH is 1. The molecule has 1 N–H and O–H groups in total. The molecule has 0 radical (unpaired) electrons. The van der Waals surface area contributed by atoms with Crippen molar-refractivity contribution in [3.05, 3.63) is 0 Å². The SMILES string of the molecule is CSCCCC1(C(C)O)CC1. The van der Waals surface area contributed by atoms with Crippen molar-refractivity contribution in [2.24, 2.45) is 5.41 Å². The summed E-state index contributed by atoms with van der Waals surface area (Å²) in [4.78, 5) is 0. The topological polar surface area (TPSA) is 20.2 Å². The Hall–Kier alpha value is 0.310. The van der Waals surface area contributed by atoms with Crippen LogP contribution in [0, 0.1) is 5.41 Å². The second-order valence-corrected chi connectivity index (χ2v) is 4.62. The molecule has 1 fully saturated rings. The quantitative estimate of drug-likeness (QED) is 0.645. The monoisotopic (exact) mass is 174 g/mol. The molecule has 1 atom stereocenters. The van der Waals surface area contributed by atoms with Crippen LogP contribution in [0.15, 0.2) is 0 Å². The molecule has 0 spiro atoms. The van der Waals surface area contributed by atoms with Crippen molar-refractivity contribution in [3.8, 4) is 0 Å². The summed E-state index contributed by atoms with van der Waals surface area (Å²) >= 11 is 1.90. The second kappa shape index (κ2) is 3.81. The molecule has 0 bridgehead atoms. The third kappa shape index (κ3) is 2.38. The van der Waals surface area contributed by atoms with Gasteiger partial charge in [0.05, 0.1) is 6.10 Å². The van der Waals surface area contributed by atoms with Crippen LogP contribution in [0.2, 0.25) is 0 Å². The van der Waals surface area contributed by atoms with E-state index in [1.165, 1.54) is 31.4 Å². The molecular weight excluding hydrogens is 156 g/mol. The maximum atomic E-state index is 9.44. The molecule has 0 aromatic rings. The van der Waals surface area contributed by atoms with E-state index in [0.29, 0.717) is 5.41 Å². The third-order valence-electron chi connectivity index (χ3n) is 2.80. The highest BCUT2D eigenvalue weighted by atomic mass is 32.2. The molecule has 1 unspecified atom stereocenters. The molecule has 1 nitrogen and oxygen atoms in total. The molecule has 1 aliphatic rings. The van der Waals surface area contributed by atoms with E-state index in [0.717, 1.165) is 0 Å². The van der Waals surface area contributed by atoms with Gasteiger partial charge in [0.15, 0.2) is 0 Å². The standard InChI is InChI=1S/C9H18OS/c1-8(10)9(5-6-9)4-3-7-11-2/h8,10H,3-7H2,1-2H3. The minimum atomic E-state index is -0.0793. The summed E-state index contributed by atoms with van der Waals surface area (Å²) < 4.78 is 0. The summed E-state index contributed by atoms with van der Waals surface area (Å²) in [6.07, 6.45) is 7.06. The minimum absolute atomic E-state index is 0.0793. The van der Waals surface area contributed by atoms with Crippen LogP contribution in [0.3, 0.4) is 0 Å². The molecular formula is C9H18OS. The molecule has 1 saturated carbocycles. The number of aliphatic hydroxyl groups is 1. The van der Waals surface area contributed by atoms with Crippen LogP contribution in [0.1, 0.15) is 32.6 Å². The first-order valence-corrected chi connectivity index (χ1v) is 5.78. The lowest BCUT2D eigenvalue weighted by Gasteiger charge is -2.17. The van der Waals surface area contributed by atoms with Crippen LogP contribution in [-0.4, -0.2) is 23.2 Å². The molecule has 1 aliphatic carbocycles. The summed E-state index contributed by atoms with van der Waals surface area (Å²) in [7, 11) is 0. The molecule has 66 valence electrons. The number of thioether (sulfide) groups is 1. The van der Waals surface area contributed by atoms with E-state index < -0.39 is 0 Å². The summed E-state index contributed by atoms with van der Waals surface area (Å²) in [5.74, 6) is 1.24. The predicted octanol–water partition coefficient (Wildman–Crippen LogP) is 2.29. The Morgan fingerprint density at radius 3 is 2.55 bits per heavy atom. The van der Waals surface area contributed by atoms with E-state index in [-0.39, 0.29) is 6.10 Å². The Kier molecular flexibility index (Phi) is 3.26. The zero-order chi connectivity index (χ0) is 8.32. The normalized spacial score (nSPS) is 23.2. The Morgan fingerprint density at radius 2 is 2.18 bits per heavy atom. The predicted molar refractivity (Wildman–Crippen MR) is 51.0 cm³/mol. The van der Waals surface area contributed by atoms with E-state index in [1.54, 1.807) is 0 Å². The second-order valence-electron chi connectivity index (χ2n) is 3.63. The molecule has 2 heteroatoms. The van der Waals surface area contributed by atoms with Gasteiger partial charge in [-0.05, 0) is 50.0 Å². The first kappa shape index (κ1) is 9.40. The van der Waals surface area contributed by atoms with Gasteiger partial charge >= 0.3 is 0 Å². The fourth-order valence-corrected chi connectivity index (χ4v) is 2.04. The highest BCUT2D eigenvalue weighted by molar-refractivity contribution is 7.98. The van der Waals surface area contributed by atoms with Crippen molar-refractivity contribution in [2.45, 2.75) is 38.7 Å². The van der Waals surface area contributed by atoms with Gasteiger partial charge in [0, 0.05) is 0 Å². The van der Waals surface area contributed by atoms with Crippen LogP contribution in [0.4, 0.5) is 0 Å². The average Bonchev–Trinajstić information content (AvgIpc) is 2.70. The van der Waals surface area contributed by atoms with E-state index in [9.17, 15) is 5.11 Å². The largest absolute Gasteiger partial charge is 0.393 e. The average molecular weight is 174 g/mol. The van der Waals surface area contributed by atoms with Gasteiger partial charge in [0.2, 0.25) is 0 Å². The van der Waals surface area contributed by atoms with Crippen molar-refractivity contribution in [2.75, 3.05) is 12.0 Å². The van der Waals surface area contributed by atoms with Gasteiger partial charge in [-0.2, -0.15) is 11.8 Å². The van der Waals surface area contributed by atoms with Gasteiger partial charge in [-0.3, -0.25) is 0 Å². The summed E-state index contributed by atoms with van der Waals surface area (Å²) in [5, 5.41) is 9.44. The maximum absolute atomic E-state index is 9.44. The molecule has 0 amide bonds. The lowest BCUT2D eigenvalue weighted by atomic mass is 9.95. The highest BCUT2D eigenvalue weighted by Crippen LogP contribution is 2.52. The van der Waals surface area contributed by atoms with Gasteiger partial charge in [-0.25, -0.2) is 0 Å². The van der Waals surface area contributed by atoms with Gasteiger partial charge in [-0.1, -0.05) is 0 Å². The van der Waals surface area contributed by atoms with Gasteiger partial charge in [-0.15, -0.1) is 0 Å². The van der Waals surface area contributed by atoms with Gasteiger partial charge < -0.3 is 5.11 Å². The molecule has 0 aliphatic heterocycles. The van der Waals surface area contributed by atoms with Gasteiger partial charge in [0.25, 0.3) is 0 Å². The van der Waals surface area contributed by atoms with Crippen LogP contribution < -0.4 is 0 Å². The maximum Gasteiger partial charge on any atom is 0.0568 e. The Balaban J connectivity index is 2.14. The highest BCUT2D eigenvalue weighted by Gasteiger charge is 2.45. The summed E-state index contributed by atoms with van der Waals surface area (Å²) in [6, 6.07) is 0. The minimum Gasteiger partial charge on any atom is -0.393 e. The molecule has 0 saturated heterocycles. The lowest BCUT2D eigenvalue weighted by Crippen LogP contribution is -2.17. The van der Waals surface area contributed by atoms with E-state index in [2.05, 4.69) is 6.26 Å². The lowest BCUT2D eigenvalue weighted by molar-refractivity contribution is 0.104. The van der Waals surface area contributed by atoms with Crippen LogP contribution in [0.25, 0.3) is 0 Å². The third-order valence-corrected chi connectivity index (χ3v) is 3.50. The van der Waals surface area contributed by atoms with Crippen molar-refractivity contribution in [1.29, 1.82) is 0 Å². The fourth-order valence-electron chi connectivity index (χ4n) is 1.61. The Labute approximate surface area is 73.6 Å². The van der Waals surface area contributed by atoms with Gasteiger partial charge in [0.1, 0.15) is 0 Å². The van der Waals surface area contributed by atoms with Crippen LogP contribution >= 0.6 is 11.8 Å². The zero-order valence-electron chi connectivity index (χ0n) is 7.47. The summed E-state index contributed by atoms with van der Waals surface area (Å²) in [5.41, 5.74) is 0.343. The number of rotatable bonds is 5. The zero-order valence-corrected chi connectivity index (χ0v) is 8.28. The summed E-state index contributed by atoms with van der Waals surface area (Å²) in [6.45, 7) is 1.94. The molecule has 0 aromatic heterocycles. The van der Waals surface area contributed by atoms with Crippen molar-refractivity contribution < 1.29 is 5.11 Å². The molecule has 0 aromatic carbocycles. The Morgan fingerprint density at radius 1 is 1.55 bits per heavy atom.